The zero-order chi connectivity index (χ0) is 13.5. The molecule has 1 aliphatic heterocycles. The summed E-state index contributed by atoms with van der Waals surface area (Å²) in [4.78, 5) is 23.6. The number of imide groups is 1. The van der Waals surface area contributed by atoms with Crippen LogP contribution < -0.4 is 5.32 Å². The molecule has 0 bridgehead atoms. The van der Waals surface area contributed by atoms with Crippen molar-refractivity contribution in [2.45, 2.75) is 13.4 Å². The van der Waals surface area contributed by atoms with Gasteiger partial charge in [-0.1, -0.05) is 40.9 Å². The first-order valence-electron chi connectivity index (χ1n) is 4.67. The van der Waals surface area contributed by atoms with E-state index in [4.69, 9.17) is 46.4 Å². The van der Waals surface area contributed by atoms with Crippen molar-refractivity contribution in [2.24, 2.45) is 0 Å². The second-order valence-electron chi connectivity index (χ2n) is 3.44. The predicted octanol–water partition coefficient (Wildman–Crippen LogP) is 3.60. The number of nitrogens with one attached hydrogen (secondary N) is 1. The minimum Gasteiger partial charge on any atom is -0.288 e. The third-order valence-corrected chi connectivity index (χ3v) is 5.34. The summed E-state index contributed by atoms with van der Waals surface area (Å²) in [5, 5.41) is 2.20. The van der Waals surface area contributed by atoms with Crippen molar-refractivity contribution >= 4 is 70.0 Å². The lowest BCUT2D eigenvalue weighted by atomic mass is 10.1. The summed E-state index contributed by atoms with van der Waals surface area (Å²) in [6, 6.07) is 4.84. The number of rotatable bonds is 2. The molecule has 0 saturated heterocycles. The molecule has 96 valence electrons. The van der Waals surface area contributed by atoms with Gasteiger partial charge in [0.15, 0.2) is 0 Å². The van der Waals surface area contributed by atoms with Crippen molar-refractivity contribution in [1.82, 2.24) is 5.32 Å². The standard InChI is InChI=1S/C10H5Cl4NO2S/c11-9(10(12,13)14)18-5-3-1-2-4-6(5)8(17)15-7(4)16/h1-3,9H,(H,15,16,17). The number of hydrogen-bond acceptors (Lipinski definition) is 3. The number of alkyl halides is 4. The average molecular weight is 345 g/mol. The van der Waals surface area contributed by atoms with E-state index in [0.29, 0.717) is 10.5 Å². The van der Waals surface area contributed by atoms with Gasteiger partial charge < -0.3 is 0 Å². The third-order valence-electron chi connectivity index (χ3n) is 2.21. The summed E-state index contributed by atoms with van der Waals surface area (Å²) in [6.07, 6.45) is 0. The Morgan fingerprint density at radius 2 is 1.83 bits per heavy atom. The highest BCUT2D eigenvalue weighted by Gasteiger charge is 2.35. The monoisotopic (exact) mass is 343 g/mol. The van der Waals surface area contributed by atoms with Gasteiger partial charge in [0.25, 0.3) is 11.8 Å². The maximum atomic E-state index is 11.6. The SMILES string of the molecule is O=C1NC(=O)c2c(SC(Cl)C(Cl)(Cl)Cl)cccc21. The van der Waals surface area contributed by atoms with Crippen molar-refractivity contribution < 1.29 is 9.59 Å². The molecule has 18 heavy (non-hydrogen) atoms. The maximum Gasteiger partial charge on any atom is 0.260 e. The van der Waals surface area contributed by atoms with Crippen molar-refractivity contribution in [3.8, 4) is 0 Å². The second-order valence-corrected chi connectivity index (χ2v) is 7.65. The molecule has 2 rings (SSSR count). The fourth-order valence-electron chi connectivity index (χ4n) is 1.46. The van der Waals surface area contributed by atoms with E-state index in [0.717, 1.165) is 11.8 Å². The first-order valence-corrected chi connectivity index (χ1v) is 7.12. The Balaban J connectivity index is 2.37. The van der Waals surface area contributed by atoms with E-state index < -0.39 is 20.3 Å². The Labute approximate surface area is 127 Å². The Morgan fingerprint density at radius 1 is 1.17 bits per heavy atom. The Morgan fingerprint density at radius 3 is 2.44 bits per heavy atom. The zero-order valence-corrected chi connectivity index (χ0v) is 12.4. The highest BCUT2D eigenvalue weighted by atomic mass is 35.6. The summed E-state index contributed by atoms with van der Waals surface area (Å²) >= 11 is 23.9. The van der Waals surface area contributed by atoms with Gasteiger partial charge in [-0.2, -0.15) is 0 Å². The van der Waals surface area contributed by atoms with E-state index in [1.54, 1.807) is 18.2 Å². The van der Waals surface area contributed by atoms with E-state index >= 15 is 0 Å². The van der Waals surface area contributed by atoms with Gasteiger partial charge in [0.1, 0.15) is 4.71 Å². The van der Waals surface area contributed by atoms with Gasteiger partial charge in [0, 0.05) is 4.90 Å². The minimum atomic E-state index is -1.67. The van der Waals surface area contributed by atoms with Crippen molar-refractivity contribution in [3.63, 3.8) is 0 Å². The quantitative estimate of drug-likeness (QED) is 0.506. The fourth-order valence-corrected chi connectivity index (χ4v) is 2.99. The van der Waals surface area contributed by atoms with Crippen LogP contribution in [0.15, 0.2) is 23.1 Å². The summed E-state index contributed by atoms with van der Waals surface area (Å²) in [5.41, 5.74) is 0.575. The van der Waals surface area contributed by atoms with E-state index in [1.165, 1.54) is 0 Å². The molecule has 1 heterocycles. The molecule has 1 aromatic rings. The Kier molecular flexibility index (Phi) is 4.04. The van der Waals surface area contributed by atoms with Gasteiger partial charge in [-0.05, 0) is 12.1 Å². The lowest BCUT2D eigenvalue weighted by Crippen LogP contribution is -2.20. The molecule has 1 aromatic carbocycles. The van der Waals surface area contributed by atoms with Crippen molar-refractivity contribution in [3.05, 3.63) is 29.3 Å². The molecule has 8 heteroatoms. The maximum absolute atomic E-state index is 11.6. The van der Waals surface area contributed by atoms with Crippen LogP contribution in [-0.4, -0.2) is 20.3 Å². The number of amides is 2. The summed E-state index contributed by atoms with van der Waals surface area (Å²) in [7, 11) is 0. The summed E-state index contributed by atoms with van der Waals surface area (Å²) in [6.45, 7) is 0. The van der Waals surface area contributed by atoms with Gasteiger partial charge in [0.2, 0.25) is 3.79 Å². The Hall–Kier alpha value is -0.130. The molecule has 0 aliphatic carbocycles. The van der Waals surface area contributed by atoms with E-state index in [2.05, 4.69) is 5.32 Å². The fraction of sp³-hybridized carbons (Fsp3) is 0.200. The number of carbonyl (C=O) groups is 2. The van der Waals surface area contributed by atoms with Crippen LogP contribution in [0.4, 0.5) is 0 Å². The molecule has 0 aromatic heterocycles. The highest BCUT2D eigenvalue weighted by molar-refractivity contribution is 8.01. The van der Waals surface area contributed by atoms with Crippen LogP contribution in [0.5, 0.6) is 0 Å². The number of fused-ring (bicyclic) bond motifs is 1. The molecule has 0 spiro atoms. The van der Waals surface area contributed by atoms with Gasteiger partial charge in [0.05, 0.1) is 11.1 Å². The van der Waals surface area contributed by atoms with Crippen LogP contribution >= 0.6 is 58.2 Å². The lowest BCUT2D eigenvalue weighted by Gasteiger charge is -2.18. The van der Waals surface area contributed by atoms with E-state index in [9.17, 15) is 9.59 Å². The van der Waals surface area contributed by atoms with Crippen LogP contribution in [0.25, 0.3) is 0 Å². The first-order chi connectivity index (χ1) is 8.30. The van der Waals surface area contributed by atoms with E-state index in [-0.39, 0.29) is 5.56 Å². The zero-order valence-electron chi connectivity index (χ0n) is 8.55. The van der Waals surface area contributed by atoms with Gasteiger partial charge in [-0.3, -0.25) is 14.9 Å². The molecule has 1 aliphatic rings. The number of hydrogen-bond donors (Lipinski definition) is 1. The van der Waals surface area contributed by atoms with Gasteiger partial charge >= 0.3 is 0 Å². The Bertz CT molecular complexity index is 529. The number of benzene rings is 1. The van der Waals surface area contributed by atoms with Crippen LogP contribution in [0.3, 0.4) is 0 Å². The lowest BCUT2D eigenvalue weighted by molar-refractivity contribution is 0.0879. The largest absolute Gasteiger partial charge is 0.288 e. The van der Waals surface area contributed by atoms with Gasteiger partial charge in [-0.15, -0.1) is 23.4 Å². The molecule has 2 amide bonds. The number of carbonyl (C=O) groups excluding carboxylic acids is 2. The van der Waals surface area contributed by atoms with Crippen LogP contribution in [0.2, 0.25) is 0 Å². The molecule has 3 nitrogen and oxygen atoms in total. The van der Waals surface area contributed by atoms with Crippen LogP contribution in [-0.2, 0) is 0 Å². The molecular weight excluding hydrogens is 340 g/mol. The van der Waals surface area contributed by atoms with Crippen LogP contribution in [0, 0.1) is 0 Å². The molecular formula is C10H5Cl4NO2S. The molecule has 0 radical (unpaired) electrons. The third kappa shape index (κ3) is 2.73. The number of halogens is 4. The van der Waals surface area contributed by atoms with Gasteiger partial charge in [-0.25, -0.2) is 0 Å². The van der Waals surface area contributed by atoms with Crippen molar-refractivity contribution in [1.29, 1.82) is 0 Å². The first kappa shape index (κ1) is 14.3. The molecule has 1 atom stereocenters. The molecule has 0 saturated carbocycles. The van der Waals surface area contributed by atoms with Crippen molar-refractivity contribution in [2.75, 3.05) is 0 Å². The number of thioether (sulfide) groups is 1. The molecule has 0 fully saturated rings. The smallest absolute Gasteiger partial charge is 0.260 e. The topological polar surface area (TPSA) is 46.2 Å². The highest BCUT2D eigenvalue weighted by Crippen LogP contribution is 2.44. The average Bonchev–Trinajstić information content (AvgIpc) is 2.54. The minimum absolute atomic E-state index is 0.271. The summed E-state index contributed by atoms with van der Waals surface area (Å²) < 4.78 is -2.55. The molecule has 1 unspecified atom stereocenters. The molecule has 1 N–H and O–H groups in total. The predicted molar refractivity (Wildman–Crippen MR) is 74.0 cm³/mol. The summed E-state index contributed by atoms with van der Waals surface area (Å²) in [5.74, 6) is -0.899. The second kappa shape index (κ2) is 5.10. The normalized spacial score (nSPS) is 16.4. The van der Waals surface area contributed by atoms with Crippen LogP contribution in [0.1, 0.15) is 20.7 Å². The van der Waals surface area contributed by atoms with E-state index in [1.807, 2.05) is 0 Å².